The van der Waals surface area contributed by atoms with Gasteiger partial charge in [0.2, 0.25) is 0 Å². The number of nitrogens with one attached hydrogen (secondary N) is 1. The van der Waals surface area contributed by atoms with Crippen molar-refractivity contribution in [3.63, 3.8) is 0 Å². The second-order valence-corrected chi connectivity index (χ2v) is 2.88. The van der Waals surface area contributed by atoms with Crippen molar-refractivity contribution in [1.29, 1.82) is 0 Å². The standard InChI is InChI=1S/C11H10F3N/c1-15-7-3-2-4-8-5-6-9(12)11(14)10(8)13/h5-6,15H,3,7H2,1H3. The monoisotopic (exact) mass is 213 g/mol. The number of hydrogen-bond donors (Lipinski definition) is 1. The molecule has 0 atom stereocenters. The summed E-state index contributed by atoms with van der Waals surface area (Å²) in [7, 11) is 1.76. The van der Waals surface area contributed by atoms with Gasteiger partial charge in [0.15, 0.2) is 17.5 Å². The fraction of sp³-hybridized carbons (Fsp3) is 0.273. The van der Waals surface area contributed by atoms with E-state index in [9.17, 15) is 13.2 Å². The van der Waals surface area contributed by atoms with Crippen molar-refractivity contribution >= 4 is 0 Å². The van der Waals surface area contributed by atoms with Crippen LogP contribution in [0.15, 0.2) is 12.1 Å². The summed E-state index contributed by atoms with van der Waals surface area (Å²) in [6, 6.07) is 1.99. The Morgan fingerprint density at radius 1 is 1.20 bits per heavy atom. The number of hydrogen-bond acceptors (Lipinski definition) is 1. The predicted octanol–water partition coefficient (Wildman–Crippen LogP) is 2.06. The molecule has 1 nitrogen and oxygen atoms in total. The van der Waals surface area contributed by atoms with E-state index >= 15 is 0 Å². The van der Waals surface area contributed by atoms with E-state index in [4.69, 9.17) is 0 Å². The number of rotatable bonds is 2. The highest BCUT2D eigenvalue weighted by Crippen LogP contribution is 2.13. The maximum atomic E-state index is 13.0. The van der Waals surface area contributed by atoms with Crippen LogP contribution in [-0.4, -0.2) is 13.6 Å². The van der Waals surface area contributed by atoms with E-state index in [0.717, 1.165) is 12.1 Å². The molecule has 1 aromatic rings. The summed E-state index contributed by atoms with van der Waals surface area (Å²) >= 11 is 0. The zero-order valence-electron chi connectivity index (χ0n) is 8.20. The van der Waals surface area contributed by atoms with Gasteiger partial charge in [-0.05, 0) is 19.2 Å². The van der Waals surface area contributed by atoms with Crippen molar-refractivity contribution < 1.29 is 13.2 Å². The fourth-order valence-corrected chi connectivity index (χ4v) is 0.968. The minimum Gasteiger partial charge on any atom is -0.319 e. The molecule has 1 aromatic carbocycles. The number of halogens is 3. The topological polar surface area (TPSA) is 12.0 Å². The average molecular weight is 213 g/mol. The molecule has 15 heavy (non-hydrogen) atoms. The Balaban J connectivity index is 2.85. The summed E-state index contributed by atoms with van der Waals surface area (Å²) in [5.74, 6) is 1.19. The summed E-state index contributed by atoms with van der Waals surface area (Å²) < 4.78 is 38.3. The molecule has 4 heteroatoms. The normalized spacial score (nSPS) is 9.60. The zero-order chi connectivity index (χ0) is 11.3. The predicted molar refractivity (Wildman–Crippen MR) is 51.7 cm³/mol. The lowest BCUT2D eigenvalue weighted by Crippen LogP contribution is -2.05. The van der Waals surface area contributed by atoms with E-state index in [1.54, 1.807) is 7.05 Å². The molecular formula is C11H10F3N. The molecule has 0 heterocycles. The van der Waals surface area contributed by atoms with Crippen LogP contribution in [0.4, 0.5) is 13.2 Å². The van der Waals surface area contributed by atoms with Gasteiger partial charge in [-0.2, -0.15) is 0 Å². The van der Waals surface area contributed by atoms with Gasteiger partial charge in [-0.25, -0.2) is 13.2 Å². The summed E-state index contributed by atoms with van der Waals surface area (Å²) in [5.41, 5.74) is -0.120. The summed E-state index contributed by atoms with van der Waals surface area (Å²) in [4.78, 5) is 0. The van der Waals surface area contributed by atoms with Crippen LogP contribution in [0.2, 0.25) is 0 Å². The van der Waals surface area contributed by atoms with E-state index in [-0.39, 0.29) is 5.56 Å². The van der Waals surface area contributed by atoms with Gasteiger partial charge >= 0.3 is 0 Å². The van der Waals surface area contributed by atoms with E-state index in [1.165, 1.54) is 0 Å². The third-order valence-electron chi connectivity index (χ3n) is 1.76. The van der Waals surface area contributed by atoms with E-state index in [1.807, 2.05) is 0 Å². The Hall–Kier alpha value is -1.47. The quantitative estimate of drug-likeness (QED) is 0.450. The second kappa shape index (κ2) is 5.42. The first kappa shape index (κ1) is 11.6. The second-order valence-electron chi connectivity index (χ2n) is 2.88. The molecule has 0 aliphatic heterocycles. The molecule has 0 radical (unpaired) electrons. The van der Waals surface area contributed by atoms with Crippen molar-refractivity contribution in [3.8, 4) is 11.8 Å². The first-order valence-electron chi connectivity index (χ1n) is 4.43. The maximum absolute atomic E-state index is 13.0. The zero-order valence-corrected chi connectivity index (χ0v) is 8.20. The Kier molecular flexibility index (Phi) is 4.19. The van der Waals surface area contributed by atoms with Gasteiger partial charge in [-0.3, -0.25) is 0 Å². The molecule has 0 aromatic heterocycles. The minimum atomic E-state index is -1.48. The highest BCUT2D eigenvalue weighted by molar-refractivity contribution is 5.36. The van der Waals surface area contributed by atoms with E-state index < -0.39 is 17.5 Å². The Morgan fingerprint density at radius 3 is 2.60 bits per heavy atom. The van der Waals surface area contributed by atoms with Crippen LogP contribution in [-0.2, 0) is 0 Å². The molecule has 0 saturated heterocycles. The van der Waals surface area contributed by atoms with Gasteiger partial charge in [-0.1, -0.05) is 11.8 Å². The molecule has 0 unspecified atom stereocenters. The molecule has 0 aliphatic rings. The van der Waals surface area contributed by atoms with Crippen molar-refractivity contribution in [2.75, 3.05) is 13.6 Å². The lowest BCUT2D eigenvalue weighted by molar-refractivity contribution is 0.446. The van der Waals surface area contributed by atoms with Gasteiger partial charge in [-0.15, -0.1) is 0 Å². The molecule has 1 rings (SSSR count). The first-order valence-corrected chi connectivity index (χ1v) is 4.43. The molecule has 1 N–H and O–H groups in total. The van der Waals surface area contributed by atoms with Gasteiger partial charge in [0.05, 0.1) is 5.56 Å². The maximum Gasteiger partial charge on any atom is 0.195 e. The molecule has 0 amide bonds. The molecule has 0 aliphatic carbocycles. The fourth-order valence-electron chi connectivity index (χ4n) is 0.968. The lowest BCUT2D eigenvalue weighted by Gasteiger charge is -1.97. The molecule has 80 valence electrons. The highest BCUT2D eigenvalue weighted by atomic mass is 19.2. The van der Waals surface area contributed by atoms with Crippen LogP contribution >= 0.6 is 0 Å². The molecule has 0 fully saturated rings. The van der Waals surface area contributed by atoms with Gasteiger partial charge in [0, 0.05) is 13.0 Å². The molecule has 0 spiro atoms. The van der Waals surface area contributed by atoms with E-state index in [0.29, 0.717) is 13.0 Å². The lowest BCUT2D eigenvalue weighted by atomic mass is 10.2. The van der Waals surface area contributed by atoms with Gasteiger partial charge in [0.1, 0.15) is 0 Å². The molecular weight excluding hydrogens is 203 g/mol. The van der Waals surface area contributed by atoms with Crippen molar-refractivity contribution in [2.45, 2.75) is 6.42 Å². The summed E-state index contributed by atoms with van der Waals surface area (Å²) in [5, 5.41) is 2.86. The van der Waals surface area contributed by atoms with Crippen LogP contribution in [0.5, 0.6) is 0 Å². The SMILES string of the molecule is CNCCC#Cc1ccc(F)c(F)c1F. The first-order chi connectivity index (χ1) is 7.16. The number of benzene rings is 1. The van der Waals surface area contributed by atoms with Crippen LogP contribution < -0.4 is 5.32 Å². The molecule has 0 bridgehead atoms. The Morgan fingerprint density at radius 2 is 1.93 bits per heavy atom. The largest absolute Gasteiger partial charge is 0.319 e. The third kappa shape index (κ3) is 3.00. The van der Waals surface area contributed by atoms with Crippen LogP contribution in [0.3, 0.4) is 0 Å². The highest BCUT2D eigenvalue weighted by Gasteiger charge is 2.11. The third-order valence-corrected chi connectivity index (χ3v) is 1.76. The van der Waals surface area contributed by atoms with Crippen LogP contribution in [0.1, 0.15) is 12.0 Å². The Bertz CT molecular complexity index is 404. The van der Waals surface area contributed by atoms with Crippen molar-refractivity contribution in [1.82, 2.24) is 5.32 Å². The smallest absolute Gasteiger partial charge is 0.195 e. The average Bonchev–Trinajstić information content (AvgIpc) is 2.24. The molecule has 0 saturated carbocycles. The van der Waals surface area contributed by atoms with Gasteiger partial charge in [0.25, 0.3) is 0 Å². The Labute approximate surface area is 86.3 Å². The van der Waals surface area contributed by atoms with Crippen LogP contribution in [0, 0.1) is 29.3 Å². The van der Waals surface area contributed by atoms with Crippen molar-refractivity contribution in [2.24, 2.45) is 0 Å². The van der Waals surface area contributed by atoms with E-state index in [2.05, 4.69) is 17.2 Å². The summed E-state index contributed by atoms with van der Waals surface area (Å²) in [6.45, 7) is 0.665. The van der Waals surface area contributed by atoms with Crippen LogP contribution in [0.25, 0.3) is 0 Å². The van der Waals surface area contributed by atoms with Gasteiger partial charge < -0.3 is 5.32 Å². The van der Waals surface area contributed by atoms with Crippen molar-refractivity contribution in [3.05, 3.63) is 35.1 Å². The summed E-state index contributed by atoms with van der Waals surface area (Å²) in [6.07, 6.45) is 0.523. The minimum absolute atomic E-state index is 0.120.